The normalized spacial score (nSPS) is 27.2. The van der Waals surface area contributed by atoms with Gasteiger partial charge in [-0.25, -0.2) is 4.79 Å². The summed E-state index contributed by atoms with van der Waals surface area (Å²) >= 11 is 0. The van der Waals surface area contributed by atoms with Gasteiger partial charge in [-0.3, -0.25) is 63.4 Å². The smallest absolute Gasteiger partial charge is 0.350 e. The van der Waals surface area contributed by atoms with E-state index in [9.17, 15) is 67.7 Å². The van der Waals surface area contributed by atoms with Crippen LogP contribution in [0.3, 0.4) is 0 Å². The number of imide groups is 1. The minimum atomic E-state index is -3.08. The monoisotopic (exact) mass is 1090 g/mol. The van der Waals surface area contributed by atoms with Gasteiger partial charge in [0.2, 0.25) is 17.7 Å². The lowest BCUT2D eigenvalue weighted by Gasteiger charge is -2.59. The molecule has 3 spiro atoms. The third-order valence-electron chi connectivity index (χ3n) is 14.6. The molecule has 5 unspecified atom stereocenters. The number of carbonyl (C=O) groups is 10. The summed E-state index contributed by atoms with van der Waals surface area (Å²) < 4.78 is 0.907. The molecule has 7 aliphatic heterocycles. The molecule has 2 aromatic rings. The van der Waals surface area contributed by atoms with Crippen LogP contribution in [0.1, 0.15) is 132 Å². The Morgan fingerprint density at radius 2 is 1.27 bits per heavy atom. The molecule has 30 nitrogen and oxygen atoms in total. The molecule has 9 bridgehead atoms. The summed E-state index contributed by atoms with van der Waals surface area (Å²) in [5.74, 6) is -10.7. The molecule has 6 atom stereocenters. The van der Waals surface area contributed by atoms with E-state index in [0.29, 0.717) is 40.2 Å². The second-order valence-electron chi connectivity index (χ2n) is 19.7. The van der Waals surface area contributed by atoms with E-state index in [1.807, 2.05) is 0 Å². The number of pyridine rings is 2. The second kappa shape index (κ2) is 23.4. The Hall–Kier alpha value is -7.80. The van der Waals surface area contributed by atoms with E-state index in [1.54, 1.807) is 0 Å². The van der Waals surface area contributed by atoms with Gasteiger partial charge < -0.3 is 66.2 Å². The molecule has 4 saturated heterocycles. The first-order valence-electron chi connectivity index (χ1n) is 25.7. The van der Waals surface area contributed by atoms with E-state index < -0.39 is 160 Å². The predicted molar refractivity (Wildman–Crippen MR) is 261 cm³/mol. The topological polar surface area (TPSA) is 397 Å². The summed E-state index contributed by atoms with van der Waals surface area (Å²) in [4.78, 5) is 186. The molecule has 422 valence electrons. The number of fused-ring (bicyclic) bond motifs is 6. The van der Waals surface area contributed by atoms with Crippen LogP contribution < -0.4 is 58.0 Å². The zero-order valence-corrected chi connectivity index (χ0v) is 42.6. The number of carbonyl (C=O) groups excluding carboxylic acids is 10. The van der Waals surface area contributed by atoms with Crippen molar-refractivity contribution in [3.05, 3.63) is 67.5 Å². The largest absolute Gasteiger partial charge is 0.400 e. The molecule has 10 N–H and O–H groups in total. The molecule has 9 heterocycles. The number of unbranched alkanes of at least 4 members (excludes halogenated alkanes) is 1. The molecule has 0 aromatic carbocycles. The van der Waals surface area contributed by atoms with Crippen LogP contribution >= 0.6 is 0 Å². The molecular weight excluding hydrogens is 1030 g/mol. The third-order valence-corrected chi connectivity index (χ3v) is 14.6. The summed E-state index contributed by atoms with van der Waals surface area (Å²) in [6, 6.07) is 3.40. The Kier molecular flexibility index (Phi) is 16.9. The van der Waals surface area contributed by atoms with Gasteiger partial charge in [0.25, 0.3) is 46.6 Å². The maximum atomic E-state index is 15.0. The van der Waals surface area contributed by atoms with E-state index in [0.717, 1.165) is 31.4 Å². The second-order valence-corrected chi connectivity index (χ2v) is 19.7. The average molecular weight is 1100 g/mol. The fraction of sp³-hybridized carbons (Fsp3) is 0.583. The van der Waals surface area contributed by atoms with Gasteiger partial charge in [0, 0.05) is 91.1 Å². The summed E-state index contributed by atoms with van der Waals surface area (Å²) in [6.45, 7) is -1.10. The molecule has 78 heavy (non-hydrogen) atoms. The van der Waals surface area contributed by atoms with Crippen LogP contribution in [0.2, 0.25) is 0 Å². The van der Waals surface area contributed by atoms with Gasteiger partial charge in [-0.2, -0.15) is 0 Å². The quantitative estimate of drug-likeness (QED) is 0.0784. The van der Waals surface area contributed by atoms with Crippen molar-refractivity contribution in [1.29, 1.82) is 0 Å². The van der Waals surface area contributed by atoms with Gasteiger partial charge >= 0.3 is 11.8 Å². The fourth-order valence-electron chi connectivity index (χ4n) is 10.7. The van der Waals surface area contributed by atoms with E-state index >= 15 is 0 Å². The molecule has 30 heteroatoms. The first-order valence-corrected chi connectivity index (χ1v) is 25.7. The Labute approximate surface area is 443 Å². The van der Waals surface area contributed by atoms with Crippen molar-refractivity contribution in [3.8, 4) is 0 Å². The van der Waals surface area contributed by atoms with E-state index in [2.05, 4.69) is 37.2 Å². The standard InChI is InChI=1S/C47H58N12O17.CH4O/c60-31(7-5-8-38(67)74-59-34(63)13-14-35(59)64)48-17-2-1-6-26-24-49-41(70)29-11-10-28-40(69)54-46-16-21-56(37(66)23-33(62)53-46)19-4-3-18-55-20-15-45(52-32(61)22-36(55)65)25-50-39(68)27-9-12-30(42(71)51-26)58(43(27)72)76-47(45,46)75-57(29)44(28)73;1-2/h9-12,26,32-33,52-53,61-62H,1-8,13-25H2,(H,48,60)(H,49,70)(H,50,68)(H,51,71)(H,54,69);2H,1H3/t26-,32?,33?,45?,46?,47?;/m0./s1. The minimum Gasteiger partial charge on any atom is -0.400 e. The van der Waals surface area contributed by atoms with Crippen LogP contribution in [0.5, 0.6) is 0 Å². The highest BCUT2D eigenvalue weighted by molar-refractivity contribution is 6.02. The molecule has 4 fully saturated rings. The molecule has 9 rings (SSSR count). The SMILES string of the molecule is CO.O=C(CCCC(=O)ON1C(=O)CCC1=O)NCCCC[C@H]1CNC(=O)c2ccc3c(=O)n2OC24On5c(ccc(c5=O)C(=O)NCC25CCN(CCCCN2CCC4(NC3=O)NC(O)CC2=O)C(=O)CC(O)N5)C(=O)N1. The van der Waals surface area contributed by atoms with Crippen LogP contribution in [0.4, 0.5) is 0 Å². The number of hydrogen-bond donors (Lipinski definition) is 10. The van der Waals surface area contributed by atoms with Crippen molar-refractivity contribution < 1.29 is 77.8 Å². The van der Waals surface area contributed by atoms with Gasteiger partial charge in [0.05, 0.1) is 12.8 Å². The lowest BCUT2D eigenvalue weighted by atomic mass is 9.73. The predicted octanol–water partition coefficient (Wildman–Crippen LogP) is -5.45. The summed E-state index contributed by atoms with van der Waals surface area (Å²) in [5.41, 5.74) is -9.59. The zero-order chi connectivity index (χ0) is 56.1. The number of hydroxylamine groups is 2. The van der Waals surface area contributed by atoms with Crippen LogP contribution in [0, 0.1) is 0 Å². The van der Waals surface area contributed by atoms with Gasteiger partial charge in [-0.05, 0) is 69.2 Å². The maximum Gasteiger partial charge on any atom is 0.350 e. The van der Waals surface area contributed by atoms with Crippen molar-refractivity contribution in [2.45, 2.75) is 125 Å². The Morgan fingerprint density at radius 3 is 1.91 bits per heavy atom. The lowest BCUT2D eigenvalue weighted by Crippen LogP contribution is -2.91. The number of amides is 9. The lowest BCUT2D eigenvalue weighted by molar-refractivity contribution is -0.335. The van der Waals surface area contributed by atoms with Gasteiger partial charge in [0.1, 0.15) is 40.5 Å². The molecular formula is C48H62N12O18. The number of aliphatic hydroxyl groups is 3. The van der Waals surface area contributed by atoms with Crippen LogP contribution in [-0.2, 0) is 33.6 Å². The van der Waals surface area contributed by atoms with Crippen molar-refractivity contribution in [3.63, 3.8) is 0 Å². The van der Waals surface area contributed by atoms with Crippen LogP contribution in [0.25, 0.3) is 0 Å². The van der Waals surface area contributed by atoms with E-state index in [-0.39, 0.29) is 77.8 Å². The fourth-order valence-corrected chi connectivity index (χ4v) is 10.7. The molecule has 0 saturated carbocycles. The van der Waals surface area contributed by atoms with Gasteiger partial charge in [0.15, 0.2) is 5.66 Å². The number of rotatable bonds is 10. The first kappa shape index (κ1) is 56.4. The van der Waals surface area contributed by atoms with E-state index in [1.165, 1.54) is 9.80 Å². The molecule has 0 aliphatic carbocycles. The molecule has 9 amide bonds. The maximum absolute atomic E-state index is 15.0. The highest BCUT2D eigenvalue weighted by atomic mass is 16.9. The van der Waals surface area contributed by atoms with Gasteiger partial charge in [-0.15, -0.1) is 14.5 Å². The Balaban J connectivity index is 0.00000397. The number of nitrogens with one attached hydrogen (secondary N) is 7. The first-order chi connectivity index (χ1) is 37.3. The minimum absolute atomic E-state index is 0.0583. The number of nitrogens with zero attached hydrogens (tertiary/aromatic N) is 5. The van der Waals surface area contributed by atoms with Crippen molar-refractivity contribution in [1.82, 2.24) is 61.5 Å². The Bertz CT molecular complexity index is 2880. The van der Waals surface area contributed by atoms with E-state index in [4.69, 9.17) is 19.6 Å². The zero-order valence-electron chi connectivity index (χ0n) is 42.6. The Morgan fingerprint density at radius 1 is 0.679 bits per heavy atom. The summed E-state index contributed by atoms with van der Waals surface area (Å²) in [5, 5.41) is 50.9. The molecule has 0 radical (unpaired) electrons. The molecule has 2 aromatic heterocycles. The molecule has 7 aliphatic rings. The van der Waals surface area contributed by atoms with Crippen molar-refractivity contribution >= 4 is 59.1 Å². The number of hydrogen-bond acceptors (Lipinski definition) is 20. The number of aliphatic hydroxyl groups excluding tert-OH is 3. The van der Waals surface area contributed by atoms with Crippen LogP contribution in [-0.4, -0.2) is 187 Å². The van der Waals surface area contributed by atoms with Crippen LogP contribution in [0.15, 0.2) is 33.9 Å². The number of aromatic nitrogens is 2. The van der Waals surface area contributed by atoms with Crippen molar-refractivity contribution in [2.24, 2.45) is 0 Å². The highest BCUT2D eigenvalue weighted by Crippen LogP contribution is 2.42. The van der Waals surface area contributed by atoms with Gasteiger partial charge in [-0.1, -0.05) is 0 Å². The highest BCUT2D eigenvalue weighted by Gasteiger charge is 2.73. The average Bonchev–Trinajstić information content (AvgIpc) is 3.50. The summed E-state index contributed by atoms with van der Waals surface area (Å²) in [7, 11) is 1.00. The van der Waals surface area contributed by atoms with Crippen molar-refractivity contribution in [2.75, 3.05) is 52.9 Å². The summed E-state index contributed by atoms with van der Waals surface area (Å²) in [6.07, 6.45) is -4.69. The third kappa shape index (κ3) is 11.1.